The number of ether oxygens (including phenoxy) is 2. The van der Waals surface area contributed by atoms with E-state index in [4.69, 9.17) is 21.1 Å². The van der Waals surface area contributed by atoms with Gasteiger partial charge in [0.15, 0.2) is 11.5 Å². The van der Waals surface area contributed by atoms with Crippen LogP contribution < -0.4 is 14.8 Å². The third kappa shape index (κ3) is 5.62. The van der Waals surface area contributed by atoms with Crippen LogP contribution in [0.2, 0.25) is 5.02 Å². The van der Waals surface area contributed by atoms with Gasteiger partial charge >= 0.3 is 0 Å². The number of anilines is 1. The third-order valence-electron chi connectivity index (χ3n) is 4.49. The summed E-state index contributed by atoms with van der Waals surface area (Å²) >= 11 is 6.31. The average molecular weight is 389 g/mol. The normalized spacial score (nSPS) is 13.3. The molecule has 27 heavy (non-hydrogen) atoms. The van der Waals surface area contributed by atoms with Crippen LogP contribution >= 0.6 is 11.6 Å². The van der Waals surface area contributed by atoms with Gasteiger partial charge in [0.25, 0.3) is 0 Å². The van der Waals surface area contributed by atoms with Crippen molar-refractivity contribution in [2.24, 2.45) is 0 Å². The van der Waals surface area contributed by atoms with Crippen LogP contribution in [0.4, 0.5) is 5.69 Å². The van der Waals surface area contributed by atoms with Gasteiger partial charge in [0.2, 0.25) is 5.91 Å². The lowest BCUT2D eigenvalue weighted by molar-refractivity contribution is -0.117. The summed E-state index contributed by atoms with van der Waals surface area (Å²) in [7, 11) is 0. The molecule has 1 aliphatic rings. The van der Waals surface area contributed by atoms with Crippen LogP contribution in [-0.2, 0) is 11.2 Å². The maximum absolute atomic E-state index is 12.5. The Hall–Kier alpha value is -2.24. The summed E-state index contributed by atoms with van der Waals surface area (Å²) < 4.78 is 11.3. The van der Waals surface area contributed by atoms with E-state index in [0.717, 1.165) is 25.9 Å². The summed E-state index contributed by atoms with van der Waals surface area (Å²) in [5.41, 5.74) is 1.81. The molecular formula is C21H25ClN2O3. The van der Waals surface area contributed by atoms with Gasteiger partial charge in [-0.05, 0) is 18.5 Å². The molecule has 0 bridgehead atoms. The Kier molecular flexibility index (Phi) is 6.96. The third-order valence-corrected chi connectivity index (χ3v) is 4.80. The fraction of sp³-hybridized carbons (Fsp3) is 0.381. The molecule has 0 unspecified atom stereocenters. The summed E-state index contributed by atoms with van der Waals surface area (Å²) in [6.45, 7) is 5.18. The second kappa shape index (κ2) is 9.62. The zero-order valence-corrected chi connectivity index (χ0v) is 16.3. The molecule has 0 radical (unpaired) electrons. The van der Waals surface area contributed by atoms with Crippen LogP contribution in [-0.4, -0.2) is 43.7 Å². The van der Waals surface area contributed by atoms with Gasteiger partial charge in [-0.15, -0.1) is 0 Å². The van der Waals surface area contributed by atoms with Crippen LogP contribution in [0.3, 0.4) is 0 Å². The number of nitrogens with zero attached hydrogens (tertiary/aromatic N) is 1. The standard InChI is InChI=1S/C21H25ClN2O3/c1-2-24(10-9-16-7-4-3-5-8-16)15-21(25)23-18-14-20-19(13-17(18)22)26-11-6-12-27-20/h3-5,7-8,13-14H,2,6,9-12,15H2,1H3,(H,23,25). The van der Waals surface area contributed by atoms with Crippen molar-refractivity contribution in [3.8, 4) is 11.5 Å². The van der Waals surface area contributed by atoms with Crippen molar-refractivity contribution in [3.63, 3.8) is 0 Å². The molecule has 1 aliphatic heterocycles. The molecule has 6 heteroatoms. The Balaban J connectivity index is 1.58. The summed E-state index contributed by atoms with van der Waals surface area (Å²) in [4.78, 5) is 14.6. The van der Waals surface area contributed by atoms with Gasteiger partial charge in [-0.2, -0.15) is 0 Å². The minimum absolute atomic E-state index is 0.0960. The highest BCUT2D eigenvalue weighted by Crippen LogP contribution is 2.37. The van der Waals surface area contributed by atoms with E-state index in [1.165, 1.54) is 5.56 Å². The number of amides is 1. The van der Waals surface area contributed by atoms with Gasteiger partial charge in [-0.1, -0.05) is 48.9 Å². The largest absolute Gasteiger partial charge is 0.490 e. The van der Waals surface area contributed by atoms with E-state index in [9.17, 15) is 4.79 Å². The topological polar surface area (TPSA) is 50.8 Å². The Morgan fingerprint density at radius 3 is 2.56 bits per heavy atom. The van der Waals surface area contributed by atoms with E-state index >= 15 is 0 Å². The summed E-state index contributed by atoms with van der Waals surface area (Å²) in [5, 5.41) is 3.34. The lowest BCUT2D eigenvalue weighted by Gasteiger charge is -2.20. The number of nitrogens with one attached hydrogen (secondary N) is 1. The lowest BCUT2D eigenvalue weighted by Crippen LogP contribution is -2.34. The number of carbonyl (C=O) groups excluding carboxylic acids is 1. The van der Waals surface area contributed by atoms with E-state index in [1.54, 1.807) is 12.1 Å². The number of halogens is 1. The summed E-state index contributed by atoms with van der Waals surface area (Å²) in [5.74, 6) is 1.14. The predicted octanol–water partition coefficient (Wildman–Crippen LogP) is 4.00. The number of hydrogen-bond acceptors (Lipinski definition) is 4. The van der Waals surface area contributed by atoms with E-state index < -0.39 is 0 Å². The quantitative estimate of drug-likeness (QED) is 0.778. The molecule has 1 heterocycles. The Bertz CT molecular complexity index is 768. The molecule has 5 nitrogen and oxygen atoms in total. The fourth-order valence-electron chi connectivity index (χ4n) is 2.95. The van der Waals surface area contributed by atoms with Gasteiger partial charge in [0.05, 0.1) is 30.5 Å². The lowest BCUT2D eigenvalue weighted by atomic mass is 10.1. The summed E-state index contributed by atoms with van der Waals surface area (Å²) in [6, 6.07) is 13.7. The fourth-order valence-corrected chi connectivity index (χ4v) is 3.15. The van der Waals surface area contributed by atoms with Crippen LogP contribution in [0, 0.1) is 0 Å². The van der Waals surface area contributed by atoms with Gasteiger partial charge < -0.3 is 14.8 Å². The Morgan fingerprint density at radius 1 is 1.15 bits per heavy atom. The molecule has 0 aromatic heterocycles. The highest BCUT2D eigenvalue weighted by molar-refractivity contribution is 6.34. The number of carbonyl (C=O) groups is 1. The van der Waals surface area contributed by atoms with E-state index in [1.807, 2.05) is 18.2 Å². The zero-order chi connectivity index (χ0) is 19.1. The SMILES string of the molecule is CCN(CCc1ccccc1)CC(=O)Nc1cc2c(cc1Cl)OCCCO2. The molecule has 144 valence electrons. The molecule has 0 spiro atoms. The zero-order valence-electron chi connectivity index (χ0n) is 15.5. The maximum Gasteiger partial charge on any atom is 0.238 e. The first-order valence-electron chi connectivity index (χ1n) is 9.31. The number of benzene rings is 2. The van der Waals surface area contributed by atoms with Crippen molar-refractivity contribution in [3.05, 3.63) is 53.1 Å². The van der Waals surface area contributed by atoms with E-state index in [-0.39, 0.29) is 5.91 Å². The van der Waals surface area contributed by atoms with Crippen LogP contribution in [0.5, 0.6) is 11.5 Å². The number of rotatable bonds is 7. The minimum atomic E-state index is -0.0960. The second-order valence-electron chi connectivity index (χ2n) is 6.48. The molecule has 0 saturated heterocycles. The smallest absolute Gasteiger partial charge is 0.238 e. The molecule has 2 aromatic carbocycles. The molecule has 0 saturated carbocycles. The van der Waals surface area contributed by atoms with Gasteiger partial charge in [-0.25, -0.2) is 0 Å². The van der Waals surface area contributed by atoms with Crippen molar-refractivity contribution >= 4 is 23.2 Å². The molecule has 2 aromatic rings. The molecule has 1 N–H and O–H groups in total. The first-order chi connectivity index (χ1) is 13.2. The second-order valence-corrected chi connectivity index (χ2v) is 6.89. The minimum Gasteiger partial charge on any atom is -0.490 e. The first kappa shape index (κ1) is 19.5. The molecular weight excluding hydrogens is 364 g/mol. The molecule has 3 rings (SSSR count). The van der Waals surface area contributed by atoms with Crippen molar-refractivity contribution in [1.82, 2.24) is 4.90 Å². The van der Waals surface area contributed by atoms with E-state index in [0.29, 0.717) is 42.0 Å². The van der Waals surface area contributed by atoms with Crippen LogP contribution in [0.15, 0.2) is 42.5 Å². The van der Waals surface area contributed by atoms with E-state index in [2.05, 4.69) is 29.3 Å². The number of fused-ring (bicyclic) bond motifs is 1. The van der Waals surface area contributed by atoms with Crippen LogP contribution in [0.1, 0.15) is 18.9 Å². The Labute approximate surface area is 165 Å². The predicted molar refractivity (Wildman–Crippen MR) is 108 cm³/mol. The van der Waals surface area contributed by atoms with Crippen molar-refractivity contribution in [1.29, 1.82) is 0 Å². The van der Waals surface area contributed by atoms with Gasteiger partial charge in [0.1, 0.15) is 0 Å². The monoisotopic (exact) mass is 388 g/mol. The van der Waals surface area contributed by atoms with Crippen molar-refractivity contribution in [2.45, 2.75) is 19.8 Å². The van der Waals surface area contributed by atoms with Crippen molar-refractivity contribution in [2.75, 3.05) is 38.2 Å². The summed E-state index contributed by atoms with van der Waals surface area (Å²) in [6.07, 6.45) is 1.73. The highest BCUT2D eigenvalue weighted by atomic mass is 35.5. The molecule has 0 fully saturated rings. The molecule has 1 amide bonds. The molecule has 0 aliphatic carbocycles. The van der Waals surface area contributed by atoms with Crippen molar-refractivity contribution < 1.29 is 14.3 Å². The Morgan fingerprint density at radius 2 is 1.85 bits per heavy atom. The number of likely N-dealkylation sites (N-methyl/N-ethyl adjacent to an activating group) is 1. The van der Waals surface area contributed by atoms with Gasteiger partial charge in [0, 0.05) is 25.1 Å². The highest BCUT2D eigenvalue weighted by Gasteiger charge is 2.16. The number of hydrogen-bond donors (Lipinski definition) is 1. The van der Waals surface area contributed by atoms with Crippen LogP contribution in [0.25, 0.3) is 0 Å². The molecule has 0 atom stereocenters. The average Bonchev–Trinajstić information content (AvgIpc) is 2.91. The first-order valence-corrected chi connectivity index (χ1v) is 9.68. The van der Waals surface area contributed by atoms with Gasteiger partial charge in [-0.3, -0.25) is 9.69 Å². The maximum atomic E-state index is 12.5.